The number of sulfonamides is 1. The molecule has 0 saturated carbocycles. The maximum absolute atomic E-state index is 13.0. The number of amides is 1. The number of aromatic nitrogens is 1. The highest BCUT2D eigenvalue weighted by atomic mass is 32.2. The summed E-state index contributed by atoms with van der Waals surface area (Å²) in [6.45, 7) is 4.30. The number of aryl methyl sites for hydroxylation is 1. The summed E-state index contributed by atoms with van der Waals surface area (Å²) < 4.78 is 41.2. The zero-order valence-corrected chi connectivity index (χ0v) is 19.9. The van der Waals surface area contributed by atoms with Gasteiger partial charge in [-0.25, -0.2) is 8.42 Å². The number of benzene rings is 2. The van der Waals surface area contributed by atoms with Crippen molar-refractivity contribution in [3.8, 4) is 5.75 Å². The summed E-state index contributed by atoms with van der Waals surface area (Å²) in [4.78, 5) is 17.7. The highest BCUT2D eigenvalue weighted by Gasteiger charge is 2.32. The maximum Gasteiger partial charge on any atom is 0.279 e. The number of carbonyl (C=O) groups excluding carboxylic acids is 1. The molecule has 3 aromatic rings. The van der Waals surface area contributed by atoms with E-state index in [0.29, 0.717) is 29.2 Å². The molecule has 2 atom stereocenters. The van der Waals surface area contributed by atoms with E-state index in [1.54, 1.807) is 7.11 Å². The minimum Gasteiger partial charge on any atom is -0.495 e. The first-order valence-electron chi connectivity index (χ1n) is 10.2. The Morgan fingerprint density at radius 2 is 1.78 bits per heavy atom. The Morgan fingerprint density at radius 1 is 1.12 bits per heavy atom. The van der Waals surface area contributed by atoms with E-state index in [1.807, 2.05) is 43.7 Å². The molecule has 1 aliphatic heterocycles. The third-order valence-corrected chi connectivity index (χ3v) is 8.27. The van der Waals surface area contributed by atoms with E-state index in [4.69, 9.17) is 9.47 Å². The van der Waals surface area contributed by atoms with Crippen molar-refractivity contribution < 1.29 is 22.7 Å². The fraction of sp³-hybridized carbons (Fsp3) is 0.364. The van der Waals surface area contributed by atoms with Crippen LogP contribution in [0.2, 0.25) is 0 Å². The van der Waals surface area contributed by atoms with Gasteiger partial charge in [0.05, 0.1) is 28.9 Å². The van der Waals surface area contributed by atoms with Gasteiger partial charge in [-0.2, -0.15) is 9.30 Å². The fourth-order valence-corrected chi connectivity index (χ4v) is 6.46. The molecule has 0 unspecified atom stereocenters. The number of thiazole rings is 1. The summed E-state index contributed by atoms with van der Waals surface area (Å²) in [7, 11) is -0.239. The largest absolute Gasteiger partial charge is 0.495 e. The van der Waals surface area contributed by atoms with E-state index in [9.17, 15) is 13.2 Å². The van der Waals surface area contributed by atoms with Gasteiger partial charge in [-0.15, -0.1) is 0 Å². The standard InChI is InChI=1S/C22H25N3O5S2/c1-14-12-25(13-15(2)30-14)32(27,28)17-10-8-16(9-11-17)21(26)23-22-24(3)20-18(29-4)6-5-7-19(20)31-22/h5-11,14-15H,12-13H2,1-4H3/t14-,15-/m0/s1. The molecule has 0 radical (unpaired) electrons. The van der Waals surface area contributed by atoms with Gasteiger partial charge in [0.1, 0.15) is 11.3 Å². The average Bonchev–Trinajstić information content (AvgIpc) is 3.08. The van der Waals surface area contributed by atoms with Gasteiger partial charge in [0.25, 0.3) is 5.91 Å². The van der Waals surface area contributed by atoms with E-state index >= 15 is 0 Å². The first-order chi connectivity index (χ1) is 15.2. The number of methoxy groups -OCH3 is 1. The molecule has 1 aromatic heterocycles. The highest BCUT2D eigenvalue weighted by Crippen LogP contribution is 2.26. The highest BCUT2D eigenvalue weighted by molar-refractivity contribution is 7.89. The Bertz CT molecular complexity index is 1320. The molecule has 2 aromatic carbocycles. The summed E-state index contributed by atoms with van der Waals surface area (Å²) >= 11 is 1.38. The third kappa shape index (κ3) is 4.23. The van der Waals surface area contributed by atoms with Gasteiger partial charge in [0, 0.05) is 25.7 Å². The summed E-state index contributed by atoms with van der Waals surface area (Å²) in [5.41, 5.74) is 1.18. The Morgan fingerprint density at radius 3 is 2.41 bits per heavy atom. The lowest BCUT2D eigenvalue weighted by Gasteiger charge is -2.34. The second-order valence-corrected chi connectivity index (χ2v) is 10.7. The van der Waals surface area contributed by atoms with Gasteiger partial charge in [-0.3, -0.25) is 4.79 Å². The smallest absolute Gasteiger partial charge is 0.279 e. The van der Waals surface area contributed by atoms with Gasteiger partial charge in [0.2, 0.25) is 10.0 Å². The quantitative estimate of drug-likeness (QED) is 0.579. The molecule has 1 fully saturated rings. The van der Waals surface area contributed by atoms with E-state index < -0.39 is 15.9 Å². The van der Waals surface area contributed by atoms with Crippen molar-refractivity contribution in [1.82, 2.24) is 8.87 Å². The second-order valence-electron chi connectivity index (χ2n) is 7.77. The van der Waals surface area contributed by atoms with Gasteiger partial charge in [-0.1, -0.05) is 17.4 Å². The van der Waals surface area contributed by atoms with Crippen LogP contribution < -0.4 is 9.54 Å². The molecule has 0 aliphatic carbocycles. The minimum absolute atomic E-state index is 0.146. The molecule has 1 amide bonds. The Hall–Kier alpha value is -2.53. The molecule has 2 heterocycles. The molecule has 170 valence electrons. The van der Waals surface area contributed by atoms with Crippen LogP contribution in [0.5, 0.6) is 5.75 Å². The number of nitrogens with zero attached hydrogens (tertiary/aromatic N) is 3. The third-order valence-electron chi connectivity index (χ3n) is 5.33. The van der Waals surface area contributed by atoms with Crippen molar-refractivity contribution in [3.63, 3.8) is 0 Å². The lowest BCUT2D eigenvalue weighted by molar-refractivity contribution is -0.0440. The lowest BCUT2D eigenvalue weighted by atomic mass is 10.2. The van der Waals surface area contributed by atoms with Crippen molar-refractivity contribution in [2.75, 3.05) is 20.2 Å². The molecule has 0 bridgehead atoms. The Labute approximate surface area is 190 Å². The van der Waals surface area contributed by atoms with Crippen molar-refractivity contribution in [3.05, 3.63) is 52.8 Å². The molecule has 32 heavy (non-hydrogen) atoms. The Balaban J connectivity index is 1.62. The number of ether oxygens (including phenoxy) is 2. The second kappa shape index (κ2) is 8.78. The topological polar surface area (TPSA) is 90.2 Å². The van der Waals surface area contributed by atoms with E-state index in [-0.39, 0.29) is 17.1 Å². The summed E-state index contributed by atoms with van der Waals surface area (Å²) in [6.07, 6.45) is -0.345. The number of para-hydroxylation sites is 1. The van der Waals surface area contributed by atoms with Crippen LogP contribution in [-0.4, -0.2) is 55.6 Å². The first kappa shape index (κ1) is 22.7. The molecule has 4 rings (SSSR count). The van der Waals surface area contributed by atoms with Crippen LogP contribution in [0, 0.1) is 0 Å². The van der Waals surface area contributed by atoms with Crippen molar-refractivity contribution in [1.29, 1.82) is 0 Å². The van der Waals surface area contributed by atoms with Crippen LogP contribution in [0.15, 0.2) is 52.4 Å². The number of carbonyl (C=O) groups is 1. The first-order valence-corrected chi connectivity index (χ1v) is 12.4. The van der Waals surface area contributed by atoms with Crippen molar-refractivity contribution in [2.24, 2.45) is 12.0 Å². The molecule has 1 saturated heterocycles. The summed E-state index contributed by atoms with van der Waals surface area (Å²) in [5, 5.41) is 0. The Kier molecular flexibility index (Phi) is 6.22. The van der Waals surface area contributed by atoms with Gasteiger partial charge < -0.3 is 14.0 Å². The molecule has 0 N–H and O–H groups in total. The number of rotatable bonds is 4. The van der Waals surface area contributed by atoms with Crippen LogP contribution in [0.25, 0.3) is 10.2 Å². The van der Waals surface area contributed by atoms with Gasteiger partial charge in [-0.05, 0) is 50.2 Å². The number of fused-ring (bicyclic) bond motifs is 1. The average molecular weight is 476 g/mol. The van der Waals surface area contributed by atoms with E-state index in [1.165, 1.54) is 39.9 Å². The molecule has 1 aliphatic rings. The summed E-state index contributed by atoms with van der Waals surface area (Å²) in [5.74, 6) is 0.264. The van der Waals surface area contributed by atoms with Gasteiger partial charge >= 0.3 is 0 Å². The zero-order chi connectivity index (χ0) is 23.0. The van der Waals surface area contributed by atoms with Crippen molar-refractivity contribution >= 4 is 37.5 Å². The van der Waals surface area contributed by atoms with Crippen molar-refractivity contribution in [2.45, 2.75) is 31.0 Å². The lowest BCUT2D eigenvalue weighted by Crippen LogP contribution is -2.48. The minimum atomic E-state index is -3.67. The van der Waals surface area contributed by atoms with Crippen LogP contribution in [0.1, 0.15) is 24.2 Å². The zero-order valence-electron chi connectivity index (χ0n) is 18.3. The number of morpholine rings is 1. The van der Waals surface area contributed by atoms with E-state index in [0.717, 1.165) is 10.2 Å². The predicted molar refractivity (Wildman–Crippen MR) is 122 cm³/mol. The molecule has 0 spiro atoms. The van der Waals surface area contributed by atoms with E-state index in [2.05, 4.69) is 4.99 Å². The van der Waals surface area contributed by atoms with Crippen LogP contribution in [0.3, 0.4) is 0 Å². The van der Waals surface area contributed by atoms with Gasteiger partial charge in [0.15, 0.2) is 4.80 Å². The van der Waals surface area contributed by atoms with Crippen LogP contribution in [0.4, 0.5) is 0 Å². The van der Waals surface area contributed by atoms with Crippen LogP contribution >= 0.6 is 11.3 Å². The molecular formula is C22H25N3O5S2. The molecule has 10 heteroatoms. The predicted octanol–water partition coefficient (Wildman–Crippen LogP) is 2.79. The molecular weight excluding hydrogens is 450 g/mol. The molecule has 8 nitrogen and oxygen atoms in total. The summed E-state index contributed by atoms with van der Waals surface area (Å²) in [6, 6.07) is 11.6. The monoisotopic (exact) mass is 475 g/mol. The normalized spacial score (nSPS) is 20.6. The van der Waals surface area contributed by atoms with Crippen LogP contribution in [-0.2, 0) is 21.8 Å². The number of hydrogen-bond donors (Lipinski definition) is 0. The fourth-order valence-electron chi connectivity index (χ4n) is 3.84. The maximum atomic E-state index is 13.0. The SMILES string of the molecule is COc1cccc2sc(=NC(=O)c3ccc(S(=O)(=O)N4C[C@H](C)O[C@@H](C)C4)cc3)n(C)c12. The number of hydrogen-bond acceptors (Lipinski definition) is 6.